The zero-order valence-electron chi connectivity index (χ0n) is 7.76. The average molecular weight is 215 g/mol. The average Bonchev–Trinajstić information content (AvgIpc) is 2.87. The molecule has 0 fully saturated rings. The zero-order chi connectivity index (χ0) is 9.07. The van der Waals surface area contributed by atoms with Gasteiger partial charge in [-0.05, 0) is 0 Å². The van der Waals surface area contributed by atoms with E-state index in [0.29, 0.717) is 0 Å². The van der Waals surface area contributed by atoms with Crippen molar-refractivity contribution in [1.82, 2.24) is 0 Å². The second-order valence-corrected chi connectivity index (χ2v) is 2.01. The van der Waals surface area contributed by atoms with Gasteiger partial charge in [0.2, 0.25) is 0 Å². The van der Waals surface area contributed by atoms with Gasteiger partial charge in [-0.3, -0.25) is 12.2 Å². The van der Waals surface area contributed by atoms with Crippen molar-refractivity contribution in [3.63, 3.8) is 0 Å². The van der Waals surface area contributed by atoms with Crippen molar-refractivity contribution in [2.75, 3.05) is 0 Å². The van der Waals surface area contributed by atoms with E-state index in [1.54, 1.807) is 0 Å². The first-order valence-corrected chi connectivity index (χ1v) is 5.77. The molecular weight excluding hydrogens is 203 g/mol. The molecule has 0 saturated heterocycles. The number of rotatable bonds is 0. The summed E-state index contributed by atoms with van der Waals surface area (Å²) in [6.45, 7) is 0. The van der Waals surface area contributed by atoms with E-state index in [4.69, 9.17) is 0 Å². The van der Waals surface area contributed by atoms with Crippen LogP contribution in [-0.2, 0) is 19.4 Å². The van der Waals surface area contributed by atoms with Crippen LogP contribution >= 0.6 is 9.30 Å². The standard InChI is InChI=1S/2C5H5.ClH.Ti.H/c2*1-2-4-5-3-1;;;/h2*1-3H,4H2;1H;;/q2*-1;;+4;-1/p-1. The van der Waals surface area contributed by atoms with Gasteiger partial charge in [0.05, 0.1) is 0 Å². The third kappa shape index (κ3) is 8.06. The van der Waals surface area contributed by atoms with E-state index >= 15 is 0 Å². The molecule has 0 heterocycles. The van der Waals surface area contributed by atoms with Gasteiger partial charge < -0.3 is 1.43 Å². The molecule has 0 spiro atoms. The summed E-state index contributed by atoms with van der Waals surface area (Å²) in [5.41, 5.74) is 0. The summed E-state index contributed by atoms with van der Waals surface area (Å²) < 4.78 is 0. The first-order chi connectivity index (χ1) is 6.00. The predicted octanol–water partition coefficient (Wildman–Crippen LogP) is 3.41. The van der Waals surface area contributed by atoms with E-state index in [-0.39, 0.29) is 1.43 Å². The van der Waals surface area contributed by atoms with Crippen LogP contribution in [0.5, 0.6) is 0 Å². The van der Waals surface area contributed by atoms with Crippen LogP contribution < -0.4 is 0 Å². The Morgan fingerprint density at radius 1 is 1.00 bits per heavy atom. The smallest absolute Gasteiger partial charge is 1.00 e. The maximum Gasteiger partial charge on any atom is -1.00 e. The molecule has 2 aliphatic carbocycles. The fourth-order valence-corrected chi connectivity index (χ4v) is 0.680. The van der Waals surface area contributed by atoms with Crippen molar-refractivity contribution in [3.05, 3.63) is 48.6 Å². The van der Waals surface area contributed by atoms with E-state index < -0.39 is 0 Å². The van der Waals surface area contributed by atoms with Crippen molar-refractivity contribution in [1.29, 1.82) is 0 Å². The number of hydrogen-bond acceptors (Lipinski definition) is 0. The third-order valence-electron chi connectivity index (χ3n) is 1.17. The Bertz CT molecular complexity index is 153. The molecule has 2 aliphatic rings. The summed E-state index contributed by atoms with van der Waals surface area (Å²) in [5, 5.41) is 0. The third-order valence-corrected chi connectivity index (χ3v) is 1.17. The summed E-state index contributed by atoms with van der Waals surface area (Å²) in [5.74, 6) is 0. The van der Waals surface area contributed by atoms with E-state index in [9.17, 15) is 0 Å². The van der Waals surface area contributed by atoms with Gasteiger partial charge in [-0.25, -0.2) is 24.3 Å². The fraction of sp³-hybridized carbons (Fsp3) is 0.200. The molecular formula is C10H11ClTi. The van der Waals surface area contributed by atoms with Gasteiger partial charge in [0.25, 0.3) is 0 Å². The van der Waals surface area contributed by atoms with Gasteiger partial charge in [-0.15, -0.1) is 12.8 Å². The zero-order valence-corrected chi connectivity index (χ0v) is 9.07. The summed E-state index contributed by atoms with van der Waals surface area (Å²) in [4.78, 5) is 0. The Balaban J connectivity index is 0. The van der Waals surface area contributed by atoms with E-state index in [0.717, 1.165) is 12.8 Å². The topological polar surface area (TPSA) is 0 Å². The molecule has 0 aliphatic heterocycles. The van der Waals surface area contributed by atoms with Crippen LogP contribution in [0.3, 0.4) is 0 Å². The Kier molecular flexibility index (Phi) is 10.9. The molecule has 0 bridgehead atoms. The van der Waals surface area contributed by atoms with E-state index in [1.165, 1.54) is 19.4 Å². The molecule has 0 aromatic rings. The van der Waals surface area contributed by atoms with Crippen molar-refractivity contribution in [2.45, 2.75) is 12.8 Å². The fourth-order valence-electron chi connectivity index (χ4n) is 0.680. The maximum atomic E-state index is 4.64. The van der Waals surface area contributed by atoms with Gasteiger partial charge in [-0.1, -0.05) is 0 Å². The van der Waals surface area contributed by atoms with Crippen LogP contribution in [0.25, 0.3) is 0 Å². The maximum absolute atomic E-state index is 4.64. The molecule has 0 amide bonds. The largest absolute Gasteiger partial charge is 1.00 e. The first kappa shape index (κ1) is 12.0. The number of hydrogen-bond donors (Lipinski definition) is 0. The monoisotopic (exact) mass is 214 g/mol. The van der Waals surface area contributed by atoms with Crippen molar-refractivity contribution in [3.8, 4) is 0 Å². The van der Waals surface area contributed by atoms with Crippen molar-refractivity contribution >= 4 is 9.30 Å². The minimum atomic E-state index is 0. The molecule has 62 valence electrons. The molecule has 0 nitrogen and oxygen atoms in total. The minimum Gasteiger partial charge on any atom is -1.00 e. The molecule has 2 heteroatoms. The van der Waals surface area contributed by atoms with Crippen LogP contribution in [0.1, 0.15) is 14.3 Å². The predicted molar refractivity (Wildman–Crippen MR) is 50.1 cm³/mol. The number of allylic oxidation sites excluding steroid dienone is 8. The molecule has 0 saturated carbocycles. The van der Waals surface area contributed by atoms with Crippen LogP contribution in [-0.4, -0.2) is 0 Å². The normalized spacial score (nSPS) is 15.2. The molecule has 0 unspecified atom stereocenters. The summed E-state index contributed by atoms with van der Waals surface area (Å²) >= 11 is 1.47. The molecule has 2 rings (SSSR count). The quantitative estimate of drug-likeness (QED) is 0.428. The van der Waals surface area contributed by atoms with Crippen LogP contribution in [0.4, 0.5) is 0 Å². The van der Waals surface area contributed by atoms with Crippen LogP contribution in [0, 0.1) is 12.2 Å². The Hall–Kier alpha value is -0.0357. The van der Waals surface area contributed by atoms with Gasteiger partial charge in [0.15, 0.2) is 0 Å². The van der Waals surface area contributed by atoms with Gasteiger partial charge >= 0.3 is 28.7 Å². The van der Waals surface area contributed by atoms with Gasteiger partial charge in [0.1, 0.15) is 0 Å². The molecule has 0 atom stereocenters. The van der Waals surface area contributed by atoms with E-state index in [1.807, 2.05) is 24.3 Å². The van der Waals surface area contributed by atoms with E-state index in [2.05, 4.69) is 33.6 Å². The second-order valence-electron chi connectivity index (χ2n) is 2.01. The molecule has 0 radical (unpaired) electrons. The summed E-state index contributed by atoms with van der Waals surface area (Å²) in [6, 6.07) is 0. The van der Waals surface area contributed by atoms with Gasteiger partial charge in [-0.2, -0.15) is 12.2 Å². The summed E-state index contributed by atoms with van der Waals surface area (Å²) in [6.07, 6.45) is 20.0. The second kappa shape index (κ2) is 11.0. The van der Waals surface area contributed by atoms with Crippen molar-refractivity contribution in [2.24, 2.45) is 0 Å². The first-order valence-electron chi connectivity index (χ1n) is 3.62. The van der Waals surface area contributed by atoms with Crippen LogP contribution in [0.2, 0.25) is 0 Å². The number of halogens is 1. The Morgan fingerprint density at radius 2 is 1.42 bits per heavy atom. The van der Waals surface area contributed by atoms with Crippen molar-refractivity contribution < 1.29 is 20.8 Å². The molecule has 12 heavy (non-hydrogen) atoms. The minimum absolute atomic E-state index is 0. The SMILES string of the molecule is [C-]1=CC=CC1.[C-]1=CC=CC1.[Cl][Ti+3].[H-]. The van der Waals surface area contributed by atoms with Crippen LogP contribution in [0.15, 0.2) is 36.5 Å². The molecule has 0 N–H and O–H groups in total. The molecule has 0 aromatic carbocycles. The molecule has 0 aromatic heterocycles. The van der Waals surface area contributed by atoms with Gasteiger partial charge in [0, 0.05) is 0 Å². The Morgan fingerprint density at radius 3 is 1.50 bits per heavy atom. The summed E-state index contributed by atoms with van der Waals surface area (Å²) in [7, 11) is 4.64. The Labute approximate surface area is 91.5 Å².